The molecular weight excluding hydrogens is 314 g/mol. The van der Waals surface area contributed by atoms with Gasteiger partial charge in [-0.2, -0.15) is 0 Å². The van der Waals surface area contributed by atoms with E-state index in [0.717, 1.165) is 36.8 Å². The molecular formula is C14H19BrClNO. The molecule has 0 unspecified atom stereocenters. The molecule has 0 bridgehead atoms. The van der Waals surface area contributed by atoms with Crippen LogP contribution in [0, 0.1) is 6.92 Å². The molecule has 100 valence electrons. The predicted molar refractivity (Wildman–Crippen MR) is 80.8 cm³/mol. The van der Waals surface area contributed by atoms with Crippen LogP contribution in [0.15, 0.2) is 18.2 Å². The number of alkyl halides is 1. The molecule has 1 rings (SSSR count). The highest BCUT2D eigenvalue weighted by Crippen LogP contribution is 2.17. The van der Waals surface area contributed by atoms with E-state index in [4.69, 9.17) is 11.6 Å². The normalized spacial score (nSPS) is 10.4. The molecule has 1 aromatic rings. The van der Waals surface area contributed by atoms with Crippen molar-refractivity contribution < 1.29 is 4.79 Å². The monoisotopic (exact) mass is 331 g/mol. The third-order valence-corrected chi connectivity index (χ3v) is 3.61. The molecule has 0 heterocycles. The third kappa shape index (κ3) is 4.29. The van der Waals surface area contributed by atoms with Crippen LogP contribution in [0.3, 0.4) is 0 Å². The van der Waals surface area contributed by atoms with Gasteiger partial charge < -0.3 is 4.90 Å². The molecule has 0 N–H and O–H groups in total. The van der Waals surface area contributed by atoms with Gasteiger partial charge in [0.05, 0.1) is 0 Å². The first-order valence-corrected chi connectivity index (χ1v) is 7.71. The topological polar surface area (TPSA) is 20.3 Å². The zero-order chi connectivity index (χ0) is 13.5. The SMILES string of the molecule is CCCCN(CCBr)C(=O)c1ccc(Cl)c(C)c1. The quantitative estimate of drug-likeness (QED) is 0.712. The van der Waals surface area contributed by atoms with E-state index in [9.17, 15) is 4.79 Å². The maximum absolute atomic E-state index is 12.4. The summed E-state index contributed by atoms with van der Waals surface area (Å²) in [5.74, 6) is 0.0858. The summed E-state index contributed by atoms with van der Waals surface area (Å²) in [6.45, 7) is 5.59. The number of aryl methyl sites for hydroxylation is 1. The van der Waals surface area contributed by atoms with Gasteiger partial charge in [-0.25, -0.2) is 0 Å². The van der Waals surface area contributed by atoms with Gasteiger partial charge in [0.2, 0.25) is 0 Å². The smallest absolute Gasteiger partial charge is 0.253 e. The molecule has 0 spiro atoms. The van der Waals surface area contributed by atoms with Gasteiger partial charge in [0.1, 0.15) is 0 Å². The Morgan fingerprint density at radius 2 is 2.11 bits per heavy atom. The molecule has 1 aromatic carbocycles. The fourth-order valence-corrected chi connectivity index (χ4v) is 2.27. The Morgan fingerprint density at radius 3 is 2.67 bits per heavy atom. The summed E-state index contributed by atoms with van der Waals surface area (Å²) in [6.07, 6.45) is 2.12. The molecule has 0 aliphatic rings. The highest BCUT2D eigenvalue weighted by molar-refractivity contribution is 9.09. The van der Waals surface area contributed by atoms with Gasteiger partial charge in [-0.05, 0) is 37.1 Å². The minimum absolute atomic E-state index is 0.0858. The maximum Gasteiger partial charge on any atom is 0.253 e. The highest BCUT2D eigenvalue weighted by Gasteiger charge is 2.15. The van der Waals surface area contributed by atoms with Crippen LogP contribution in [0.4, 0.5) is 0 Å². The summed E-state index contributed by atoms with van der Waals surface area (Å²) in [5, 5.41) is 1.50. The van der Waals surface area contributed by atoms with Gasteiger partial charge in [0.15, 0.2) is 0 Å². The standard InChI is InChI=1S/C14H19BrClNO/c1-3-4-8-17(9-7-15)14(18)12-5-6-13(16)11(2)10-12/h5-6,10H,3-4,7-9H2,1-2H3. The summed E-state index contributed by atoms with van der Waals surface area (Å²) < 4.78 is 0. The fraction of sp³-hybridized carbons (Fsp3) is 0.500. The Kier molecular flexibility index (Phi) is 6.72. The molecule has 0 aromatic heterocycles. The molecule has 1 amide bonds. The number of nitrogens with zero attached hydrogens (tertiary/aromatic N) is 1. The van der Waals surface area contributed by atoms with Crippen molar-refractivity contribution in [3.8, 4) is 0 Å². The predicted octanol–water partition coefficient (Wildman–Crippen LogP) is 4.29. The number of halogens is 2. The molecule has 0 fully saturated rings. The minimum Gasteiger partial charge on any atom is -0.338 e. The lowest BCUT2D eigenvalue weighted by Crippen LogP contribution is -2.33. The van der Waals surface area contributed by atoms with Crippen molar-refractivity contribution in [3.63, 3.8) is 0 Å². The second-order valence-corrected chi connectivity index (χ2v) is 5.50. The van der Waals surface area contributed by atoms with E-state index in [1.54, 1.807) is 12.1 Å². The largest absolute Gasteiger partial charge is 0.338 e. The van der Waals surface area contributed by atoms with Crippen molar-refractivity contribution in [1.29, 1.82) is 0 Å². The molecule has 0 aliphatic heterocycles. The average Bonchev–Trinajstić information content (AvgIpc) is 2.37. The molecule has 0 saturated carbocycles. The molecule has 0 radical (unpaired) electrons. The number of carbonyl (C=O) groups excluding carboxylic acids is 1. The van der Waals surface area contributed by atoms with E-state index in [0.29, 0.717) is 10.6 Å². The summed E-state index contributed by atoms with van der Waals surface area (Å²) in [7, 11) is 0. The molecule has 0 aliphatic carbocycles. The van der Waals surface area contributed by atoms with Crippen LogP contribution in [0.2, 0.25) is 5.02 Å². The van der Waals surface area contributed by atoms with E-state index in [-0.39, 0.29) is 5.91 Å². The van der Waals surface area contributed by atoms with Crippen LogP contribution >= 0.6 is 27.5 Å². The van der Waals surface area contributed by atoms with Crippen molar-refractivity contribution in [2.45, 2.75) is 26.7 Å². The Bertz CT molecular complexity index is 409. The maximum atomic E-state index is 12.4. The number of unbranched alkanes of at least 4 members (excludes halogenated alkanes) is 1. The summed E-state index contributed by atoms with van der Waals surface area (Å²) >= 11 is 9.37. The number of hydrogen-bond acceptors (Lipinski definition) is 1. The summed E-state index contributed by atoms with van der Waals surface area (Å²) in [6, 6.07) is 5.44. The van der Waals surface area contributed by atoms with Gasteiger partial charge in [-0.1, -0.05) is 40.9 Å². The average molecular weight is 333 g/mol. The lowest BCUT2D eigenvalue weighted by molar-refractivity contribution is 0.0764. The number of benzene rings is 1. The molecule has 2 nitrogen and oxygen atoms in total. The van der Waals surface area contributed by atoms with Crippen LogP contribution in [0.25, 0.3) is 0 Å². The van der Waals surface area contributed by atoms with E-state index >= 15 is 0 Å². The van der Waals surface area contributed by atoms with Crippen molar-refractivity contribution in [2.75, 3.05) is 18.4 Å². The van der Waals surface area contributed by atoms with Crippen molar-refractivity contribution in [1.82, 2.24) is 4.90 Å². The molecule has 4 heteroatoms. The van der Waals surface area contributed by atoms with Crippen molar-refractivity contribution >= 4 is 33.4 Å². The van der Waals surface area contributed by atoms with Crippen LogP contribution in [-0.2, 0) is 0 Å². The van der Waals surface area contributed by atoms with E-state index in [1.807, 2.05) is 17.9 Å². The number of carbonyl (C=O) groups is 1. The van der Waals surface area contributed by atoms with Gasteiger partial charge in [-0.3, -0.25) is 4.79 Å². The number of rotatable bonds is 6. The first kappa shape index (κ1) is 15.5. The van der Waals surface area contributed by atoms with E-state index in [2.05, 4.69) is 22.9 Å². The second kappa shape index (κ2) is 7.80. The lowest BCUT2D eigenvalue weighted by atomic mass is 10.1. The van der Waals surface area contributed by atoms with Gasteiger partial charge in [0, 0.05) is 29.0 Å². The Morgan fingerprint density at radius 1 is 1.39 bits per heavy atom. The van der Waals surface area contributed by atoms with Gasteiger partial charge in [-0.15, -0.1) is 0 Å². The zero-order valence-corrected chi connectivity index (χ0v) is 13.2. The van der Waals surface area contributed by atoms with Crippen molar-refractivity contribution in [3.05, 3.63) is 34.3 Å². The van der Waals surface area contributed by atoms with Crippen molar-refractivity contribution in [2.24, 2.45) is 0 Å². The van der Waals surface area contributed by atoms with E-state index in [1.165, 1.54) is 0 Å². The Balaban J connectivity index is 2.83. The summed E-state index contributed by atoms with van der Waals surface area (Å²) in [4.78, 5) is 14.3. The summed E-state index contributed by atoms with van der Waals surface area (Å²) in [5.41, 5.74) is 1.66. The van der Waals surface area contributed by atoms with Crippen LogP contribution in [0.5, 0.6) is 0 Å². The van der Waals surface area contributed by atoms with Gasteiger partial charge in [0.25, 0.3) is 5.91 Å². The Labute approximate surface area is 122 Å². The van der Waals surface area contributed by atoms with Crippen LogP contribution in [0.1, 0.15) is 35.7 Å². The molecule has 18 heavy (non-hydrogen) atoms. The lowest BCUT2D eigenvalue weighted by Gasteiger charge is -2.22. The van der Waals surface area contributed by atoms with Crippen LogP contribution < -0.4 is 0 Å². The second-order valence-electron chi connectivity index (χ2n) is 4.30. The van der Waals surface area contributed by atoms with Crippen LogP contribution in [-0.4, -0.2) is 29.2 Å². The molecule has 0 atom stereocenters. The van der Waals surface area contributed by atoms with Gasteiger partial charge >= 0.3 is 0 Å². The number of amides is 1. The number of hydrogen-bond donors (Lipinski definition) is 0. The third-order valence-electron chi connectivity index (χ3n) is 2.83. The zero-order valence-electron chi connectivity index (χ0n) is 10.9. The molecule has 0 saturated heterocycles. The minimum atomic E-state index is 0.0858. The fourth-order valence-electron chi connectivity index (χ4n) is 1.73. The first-order valence-electron chi connectivity index (χ1n) is 6.21. The van der Waals surface area contributed by atoms with E-state index < -0.39 is 0 Å². The highest BCUT2D eigenvalue weighted by atomic mass is 79.9. The first-order chi connectivity index (χ1) is 8.60. The Hall–Kier alpha value is -0.540.